The van der Waals surface area contributed by atoms with Crippen molar-refractivity contribution >= 4 is 22.2 Å². The third kappa shape index (κ3) is 3.33. The van der Waals surface area contributed by atoms with Crippen LogP contribution < -0.4 is 4.90 Å². The zero-order valence-corrected chi connectivity index (χ0v) is 15.1. The van der Waals surface area contributed by atoms with E-state index in [4.69, 9.17) is 4.74 Å². The Morgan fingerprint density at radius 3 is 2.79 bits per heavy atom. The molecule has 1 amide bonds. The average molecular weight is 348 g/mol. The molecule has 2 saturated heterocycles. The van der Waals surface area contributed by atoms with Crippen LogP contribution in [0, 0.1) is 11.3 Å². The highest BCUT2D eigenvalue weighted by molar-refractivity contribution is 7.14. The molecular formula is C17H24N4O2S. The van der Waals surface area contributed by atoms with Gasteiger partial charge in [0.2, 0.25) is 5.91 Å². The number of carbonyl (C=O) groups excluding carboxylic acids is 1. The van der Waals surface area contributed by atoms with Gasteiger partial charge in [0.05, 0.1) is 18.2 Å². The van der Waals surface area contributed by atoms with E-state index in [0.29, 0.717) is 18.2 Å². The molecule has 0 radical (unpaired) electrons. The van der Waals surface area contributed by atoms with Crippen molar-refractivity contribution in [1.82, 2.24) is 9.80 Å². The predicted molar refractivity (Wildman–Crippen MR) is 94.3 cm³/mol. The number of amides is 1. The van der Waals surface area contributed by atoms with Gasteiger partial charge in [-0.2, -0.15) is 5.26 Å². The molecule has 7 heteroatoms. The Hall–Kier alpha value is -1.46. The number of rotatable bonds is 5. The van der Waals surface area contributed by atoms with Crippen LogP contribution in [0.3, 0.4) is 0 Å². The molecule has 3 heterocycles. The molecule has 6 nitrogen and oxygen atoms in total. The topological polar surface area (TPSA) is 59.8 Å². The van der Waals surface area contributed by atoms with Crippen LogP contribution in [-0.4, -0.2) is 74.2 Å². The summed E-state index contributed by atoms with van der Waals surface area (Å²) in [5, 5.41) is 11.9. The average Bonchev–Trinajstić information content (AvgIpc) is 3.21. The fourth-order valence-electron chi connectivity index (χ4n) is 3.64. The van der Waals surface area contributed by atoms with E-state index in [-0.39, 0.29) is 11.9 Å². The second kappa shape index (κ2) is 7.62. The molecular weight excluding hydrogens is 324 g/mol. The van der Waals surface area contributed by atoms with Crippen molar-refractivity contribution in [3.05, 3.63) is 17.0 Å². The van der Waals surface area contributed by atoms with Gasteiger partial charge in [0.1, 0.15) is 11.1 Å². The Morgan fingerprint density at radius 2 is 2.12 bits per heavy atom. The van der Waals surface area contributed by atoms with Gasteiger partial charge in [-0.3, -0.25) is 14.6 Å². The number of anilines is 1. The maximum atomic E-state index is 12.8. The fourth-order valence-corrected chi connectivity index (χ4v) is 4.52. The molecule has 0 bridgehead atoms. The monoisotopic (exact) mass is 348 g/mol. The summed E-state index contributed by atoms with van der Waals surface area (Å²) in [6.45, 7) is 7.39. The summed E-state index contributed by atoms with van der Waals surface area (Å²) in [5.74, 6) is 0.146. The summed E-state index contributed by atoms with van der Waals surface area (Å²) < 4.78 is 5.24. The predicted octanol–water partition coefficient (Wildman–Crippen LogP) is 1.38. The lowest BCUT2D eigenvalue weighted by atomic mass is 10.1. The molecule has 0 aliphatic carbocycles. The SMILES string of the molecule is COC[C@@H](C)N1CCN([C@H]2CCN(c3sccc3C#N)C2=O)CC1. The van der Waals surface area contributed by atoms with E-state index in [0.717, 1.165) is 44.2 Å². The van der Waals surface area contributed by atoms with Crippen molar-refractivity contribution in [3.63, 3.8) is 0 Å². The van der Waals surface area contributed by atoms with Crippen LogP contribution >= 0.6 is 11.3 Å². The summed E-state index contributed by atoms with van der Waals surface area (Å²) in [6, 6.07) is 4.34. The number of carbonyl (C=O) groups is 1. The Bertz CT molecular complexity index is 618. The van der Waals surface area contributed by atoms with Gasteiger partial charge in [0.25, 0.3) is 0 Å². The first-order valence-corrected chi connectivity index (χ1v) is 9.29. The van der Waals surface area contributed by atoms with Crippen molar-refractivity contribution in [1.29, 1.82) is 5.26 Å². The highest BCUT2D eigenvalue weighted by atomic mass is 32.1. The number of ether oxygens (including phenoxy) is 1. The molecule has 0 spiro atoms. The molecule has 3 rings (SSSR count). The minimum atomic E-state index is -0.0430. The van der Waals surface area contributed by atoms with Gasteiger partial charge in [-0.25, -0.2) is 0 Å². The Labute approximate surface area is 147 Å². The lowest BCUT2D eigenvalue weighted by Gasteiger charge is -2.39. The van der Waals surface area contributed by atoms with E-state index in [2.05, 4.69) is 22.8 Å². The third-order valence-corrected chi connectivity index (χ3v) is 5.94. The van der Waals surface area contributed by atoms with E-state index < -0.39 is 0 Å². The van der Waals surface area contributed by atoms with Crippen LogP contribution in [0.15, 0.2) is 11.4 Å². The van der Waals surface area contributed by atoms with Crippen LogP contribution in [0.25, 0.3) is 0 Å². The van der Waals surface area contributed by atoms with Crippen LogP contribution in [0.4, 0.5) is 5.00 Å². The van der Waals surface area contributed by atoms with Gasteiger partial charge in [-0.1, -0.05) is 0 Å². The quantitative estimate of drug-likeness (QED) is 0.804. The van der Waals surface area contributed by atoms with Gasteiger partial charge in [-0.15, -0.1) is 11.3 Å². The standard InChI is InChI=1S/C17H24N4O2S/c1-13(12-23-2)19-6-8-20(9-7-19)15-3-5-21(16(15)22)17-14(11-18)4-10-24-17/h4,10,13,15H,3,5-9,12H2,1-2H3/t13-,15+/m1/s1. The van der Waals surface area contributed by atoms with E-state index in [1.165, 1.54) is 11.3 Å². The minimum absolute atomic E-state index is 0.0430. The largest absolute Gasteiger partial charge is 0.383 e. The number of nitriles is 1. The summed E-state index contributed by atoms with van der Waals surface area (Å²) in [7, 11) is 1.73. The van der Waals surface area contributed by atoms with Crippen molar-refractivity contribution in [2.45, 2.75) is 25.4 Å². The molecule has 130 valence electrons. The number of nitrogens with zero attached hydrogens (tertiary/aromatic N) is 4. The molecule has 0 aromatic carbocycles. The van der Waals surface area contributed by atoms with Gasteiger partial charge in [0, 0.05) is 45.9 Å². The van der Waals surface area contributed by atoms with E-state index in [1.54, 1.807) is 18.1 Å². The molecule has 2 atom stereocenters. The van der Waals surface area contributed by atoms with E-state index >= 15 is 0 Å². The van der Waals surface area contributed by atoms with E-state index in [9.17, 15) is 10.1 Å². The third-order valence-electron chi connectivity index (χ3n) is 5.01. The van der Waals surface area contributed by atoms with Crippen LogP contribution in [0.1, 0.15) is 18.9 Å². The normalized spacial score (nSPS) is 24.3. The van der Waals surface area contributed by atoms with E-state index in [1.807, 2.05) is 5.38 Å². The van der Waals surface area contributed by atoms with Crippen molar-refractivity contribution < 1.29 is 9.53 Å². The highest BCUT2D eigenvalue weighted by Crippen LogP contribution is 2.32. The molecule has 0 saturated carbocycles. The molecule has 0 N–H and O–H groups in total. The van der Waals surface area contributed by atoms with Gasteiger partial charge >= 0.3 is 0 Å². The summed E-state index contributed by atoms with van der Waals surface area (Å²) >= 11 is 1.48. The first-order chi connectivity index (χ1) is 11.7. The van der Waals surface area contributed by atoms with Gasteiger partial charge < -0.3 is 9.64 Å². The Balaban J connectivity index is 1.60. The molecule has 24 heavy (non-hydrogen) atoms. The van der Waals surface area contributed by atoms with Crippen LogP contribution in [0.2, 0.25) is 0 Å². The maximum absolute atomic E-state index is 12.8. The fraction of sp³-hybridized carbons (Fsp3) is 0.647. The zero-order valence-electron chi connectivity index (χ0n) is 14.3. The smallest absolute Gasteiger partial charge is 0.245 e. The second-order valence-corrected chi connectivity index (χ2v) is 7.32. The molecule has 1 aromatic heterocycles. The summed E-state index contributed by atoms with van der Waals surface area (Å²) in [5.41, 5.74) is 0.604. The van der Waals surface area contributed by atoms with Crippen molar-refractivity contribution in [2.75, 3.05) is 51.3 Å². The summed E-state index contributed by atoms with van der Waals surface area (Å²) in [6.07, 6.45) is 0.842. The molecule has 2 aliphatic rings. The first kappa shape index (κ1) is 17.4. The van der Waals surface area contributed by atoms with Crippen molar-refractivity contribution in [3.8, 4) is 6.07 Å². The van der Waals surface area contributed by atoms with Crippen LogP contribution in [-0.2, 0) is 9.53 Å². The number of methoxy groups -OCH3 is 1. The number of piperazine rings is 1. The van der Waals surface area contributed by atoms with Crippen molar-refractivity contribution in [2.24, 2.45) is 0 Å². The number of hydrogen-bond acceptors (Lipinski definition) is 6. The van der Waals surface area contributed by atoms with Gasteiger partial charge in [0.15, 0.2) is 0 Å². The minimum Gasteiger partial charge on any atom is -0.383 e. The summed E-state index contributed by atoms with van der Waals surface area (Å²) in [4.78, 5) is 19.4. The number of hydrogen-bond donors (Lipinski definition) is 0. The lowest BCUT2D eigenvalue weighted by molar-refractivity contribution is -0.122. The first-order valence-electron chi connectivity index (χ1n) is 8.41. The molecule has 2 fully saturated rings. The molecule has 0 unspecified atom stereocenters. The zero-order chi connectivity index (χ0) is 17.1. The maximum Gasteiger partial charge on any atom is 0.245 e. The van der Waals surface area contributed by atoms with Crippen LogP contribution in [0.5, 0.6) is 0 Å². The Kier molecular flexibility index (Phi) is 5.51. The Morgan fingerprint density at radius 1 is 1.38 bits per heavy atom. The molecule has 1 aromatic rings. The highest BCUT2D eigenvalue weighted by Gasteiger charge is 2.39. The molecule has 2 aliphatic heterocycles. The number of thiophene rings is 1. The second-order valence-electron chi connectivity index (χ2n) is 6.42. The van der Waals surface area contributed by atoms with Gasteiger partial charge in [-0.05, 0) is 24.8 Å². The lowest BCUT2D eigenvalue weighted by Crippen LogP contribution is -2.55.